The number of aliphatic imine (C=N–C) groups is 2. The SMILES string of the molecule is CC1C(CC2CCC(N=C=O)CC2)CCCC1N=C=O. The summed E-state index contributed by atoms with van der Waals surface area (Å²) in [5.74, 6) is 1.93. The molecule has 0 spiro atoms. The molecule has 3 atom stereocenters. The molecule has 110 valence electrons. The summed E-state index contributed by atoms with van der Waals surface area (Å²) >= 11 is 0. The van der Waals surface area contributed by atoms with E-state index >= 15 is 0 Å². The van der Waals surface area contributed by atoms with E-state index in [1.807, 2.05) is 0 Å². The third kappa shape index (κ3) is 3.88. The number of isocyanates is 2. The third-order valence-corrected chi connectivity index (χ3v) is 5.33. The van der Waals surface area contributed by atoms with Crippen LogP contribution in [0.3, 0.4) is 0 Å². The largest absolute Gasteiger partial charge is 0.235 e. The third-order valence-electron chi connectivity index (χ3n) is 5.33. The van der Waals surface area contributed by atoms with Crippen LogP contribution >= 0.6 is 0 Å². The average molecular weight is 276 g/mol. The second-order valence-corrected chi connectivity index (χ2v) is 6.47. The van der Waals surface area contributed by atoms with Crippen molar-refractivity contribution >= 4 is 12.2 Å². The van der Waals surface area contributed by atoms with Crippen LogP contribution in [0, 0.1) is 17.8 Å². The molecular formula is C16H24N2O2. The predicted molar refractivity (Wildman–Crippen MR) is 76.9 cm³/mol. The minimum absolute atomic E-state index is 0.183. The lowest BCUT2D eigenvalue weighted by molar-refractivity contribution is 0.166. The minimum atomic E-state index is 0.183. The van der Waals surface area contributed by atoms with Gasteiger partial charge in [-0.05, 0) is 56.3 Å². The molecule has 4 nitrogen and oxygen atoms in total. The van der Waals surface area contributed by atoms with Gasteiger partial charge in [-0.3, -0.25) is 0 Å². The number of nitrogens with zero attached hydrogens (tertiary/aromatic N) is 2. The van der Waals surface area contributed by atoms with Crippen LogP contribution in [0.1, 0.15) is 58.3 Å². The standard InChI is InChI=1S/C16H24N2O2/c1-12-14(3-2-4-16(12)18-11-20)9-13-5-7-15(8-6-13)17-10-19/h12-16H,2-9H2,1H3. The summed E-state index contributed by atoms with van der Waals surface area (Å²) in [4.78, 5) is 28.6. The van der Waals surface area contributed by atoms with E-state index in [0.717, 1.165) is 25.2 Å². The monoisotopic (exact) mass is 276 g/mol. The average Bonchev–Trinajstić information content (AvgIpc) is 2.46. The highest BCUT2D eigenvalue weighted by Crippen LogP contribution is 2.39. The van der Waals surface area contributed by atoms with Gasteiger partial charge in [0.25, 0.3) is 0 Å². The summed E-state index contributed by atoms with van der Waals surface area (Å²) in [5.41, 5.74) is 0. The first-order valence-corrected chi connectivity index (χ1v) is 7.88. The van der Waals surface area contributed by atoms with Gasteiger partial charge < -0.3 is 0 Å². The predicted octanol–water partition coefficient (Wildman–Crippen LogP) is 3.41. The maximum Gasteiger partial charge on any atom is 0.235 e. The maximum absolute atomic E-state index is 10.5. The van der Waals surface area contributed by atoms with E-state index < -0.39 is 0 Å². The Morgan fingerprint density at radius 3 is 2.30 bits per heavy atom. The van der Waals surface area contributed by atoms with E-state index in [9.17, 15) is 9.59 Å². The Hall–Kier alpha value is -1.24. The van der Waals surface area contributed by atoms with Gasteiger partial charge >= 0.3 is 0 Å². The molecule has 0 heterocycles. The first-order chi connectivity index (χ1) is 9.74. The number of rotatable bonds is 4. The minimum Gasteiger partial charge on any atom is -0.211 e. The number of carbonyl (C=O) groups excluding carboxylic acids is 2. The van der Waals surface area contributed by atoms with Crippen LogP contribution in [0.15, 0.2) is 9.98 Å². The lowest BCUT2D eigenvalue weighted by Gasteiger charge is -2.36. The van der Waals surface area contributed by atoms with Crippen molar-refractivity contribution in [2.75, 3.05) is 0 Å². The van der Waals surface area contributed by atoms with E-state index in [4.69, 9.17) is 0 Å². The second-order valence-electron chi connectivity index (χ2n) is 6.47. The van der Waals surface area contributed by atoms with Crippen LogP contribution in [0.5, 0.6) is 0 Å². The van der Waals surface area contributed by atoms with Crippen LogP contribution in [0.4, 0.5) is 0 Å². The topological polar surface area (TPSA) is 58.9 Å². The van der Waals surface area contributed by atoms with Gasteiger partial charge in [-0.15, -0.1) is 0 Å². The molecule has 0 aromatic carbocycles. The molecule has 0 saturated heterocycles. The van der Waals surface area contributed by atoms with Gasteiger partial charge in [-0.2, -0.15) is 0 Å². The van der Waals surface area contributed by atoms with Crippen LogP contribution < -0.4 is 0 Å². The Morgan fingerprint density at radius 2 is 1.65 bits per heavy atom. The molecule has 2 fully saturated rings. The van der Waals surface area contributed by atoms with Crippen molar-refractivity contribution in [3.63, 3.8) is 0 Å². The zero-order chi connectivity index (χ0) is 14.4. The van der Waals surface area contributed by atoms with E-state index in [-0.39, 0.29) is 12.1 Å². The van der Waals surface area contributed by atoms with Gasteiger partial charge in [-0.25, -0.2) is 19.6 Å². The summed E-state index contributed by atoms with van der Waals surface area (Å²) < 4.78 is 0. The van der Waals surface area contributed by atoms with Gasteiger partial charge in [0.1, 0.15) is 0 Å². The zero-order valence-corrected chi connectivity index (χ0v) is 12.3. The van der Waals surface area contributed by atoms with E-state index in [0.29, 0.717) is 11.8 Å². The van der Waals surface area contributed by atoms with Crippen LogP contribution in [-0.4, -0.2) is 24.2 Å². The molecule has 0 aliphatic heterocycles. The summed E-state index contributed by atoms with van der Waals surface area (Å²) in [5, 5.41) is 0. The molecule has 2 rings (SSSR count). The van der Waals surface area contributed by atoms with E-state index in [1.165, 1.54) is 32.1 Å². The Bertz CT molecular complexity index is 403. The summed E-state index contributed by atoms with van der Waals surface area (Å²) in [6, 6.07) is 0.391. The number of hydrogen-bond donors (Lipinski definition) is 0. The fourth-order valence-electron chi connectivity index (χ4n) is 4.02. The molecule has 2 aliphatic carbocycles. The van der Waals surface area contributed by atoms with E-state index in [1.54, 1.807) is 12.2 Å². The molecule has 3 unspecified atom stereocenters. The molecule has 0 aromatic rings. The molecule has 2 aliphatic rings. The molecule has 20 heavy (non-hydrogen) atoms. The molecular weight excluding hydrogens is 252 g/mol. The first kappa shape index (κ1) is 15.2. The number of hydrogen-bond acceptors (Lipinski definition) is 4. The Kier molecular flexibility index (Phi) is 5.70. The second kappa shape index (κ2) is 7.52. The Morgan fingerprint density at radius 1 is 0.950 bits per heavy atom. The van der Waals surface area contributed by atoms with Gasteiger partial charge in [0.2, 0.25) is 12.2 Å². The van der Waals surface area contributed by atoms with Gasteiger partial charge in [-0.1, -0.05) is 19.8 Å². The highest BCUT2D eigenvalue weighted by molar-refractivity contribution is 5.34. The fourth-order valence-corrected chi connectivity index (χ4v) is 4.02. The smallest absolute Gasteiger partial charge is 0.211 e. The van der Waals surface area contributed by atoms with E-state index in [2.05, 4.69) is 16.9 Å². The molecule has 2 saturated carbocycles. The highest BCUT2D eigenvalue weighted by Gasteiger charge is 2.32. The first-order valence-electron chi connectivity index (χ1n) is 7.88. The summed E-state index contributed by atoms with van der Waals surface area (Å²) in [7, 11) is 0. The lowest BCUT2D eigenvalue weighted by Crippen LogP contribution is -2.31. The van der Waals surface area contributed by atoms with Crippen LogP contribution in [0.2, 0.25) is 0 Å². The maximum atomic E-state index is 10.5. The molecule has 0 amide bonds. The molecule has 0 N–H and O–H groups in total. The quantitative estimate of drug-likeness (QED) is 0.583. The summed E-state index contributed by atoms with van der Waals surface area (Å²) in [6.07, 6.45) is 12.5. The van der Waals surface area contributed by atoms with Crippen molar-refractivity contribution in [3.05, 3.63) is 0 Å². The zero-order valence-electron chi connectivity index (χ0n) is 12.3. The van der Waals surface area contributed by atoms with Crippen molar-refractivity contribution in [1.29, 1.82) is 0 Å². The Balaban J connectivity index is 1.84. The normalized spacial score (nSPS) is 37.5. The van der Waals surface area contributed by atoms with Crippen molar-refractivity contribution in [2.24, 2.45) is 27.7 Å². The Labute approximate surface area is 120 Å². The van der Waals surface area contributed by atoms with Gasteiger partial charge in [0.15, 0.2) is 0 Å². The lowest BCUT2D eigenvalue weighted by atomic mass is 9.71. The van der Waals surface area contributed by atoms with Gasteiger partial charge in [0, 0.05) is 0 Å². The molecule has 0 bridgehead atoms. The van der Waals surface area contributed by atoms with Crippen molar-refractivity contribution < 1.29 is 9.59 Å². The van der Waals surface area contributed by atoms with Gasteiger partial charge in [0.05, 0.1) is 12.1 Å². The van der Waals surface area contributed by atoms with Crippen molar-refractivity contribution in [1.82, 2.24) is 0 Å². The van der Waals surface area contributed by atoms with Crippen LogP contribution in [-0.2, 0) is 9.59 Å². The fraction of sp³-hybridized carbons (Fsp3) is 0.875. The molecule has 0 aromatic heterocycles. The molecule has 4 heteroatoms. The highest BCUT2D eigenvalue weighted by atomic mass is 16.1. The van der Waals surface area contributed by atoms with Crippen LogP contribution in [0.25, 0.3) is 0 Å². The van der Waals surface area contributed by atoms with Crippen molar-refractivity contribution in [2.45, 2.75) is 70.4 Å². The van der Waals surface area contributed by atoms with Crippen molar-refractivity contribution in [3.8, 4) is 0 Å². The summed E-state index contributed by atoms with van der Waals surface area (Å²) in [6.45, 7) is 2.23. The molecule has 0 radical (unpaired) electrons.